The Morgan fingerprint density at radius 1 is 1.69 bits per heavy atom. The summed E-state index contributed by atoms with van der Waals surface area (Å²) < 4.78 is 0. The van der Waals surface area contributed by atoms with Gasteiger partial charge in [-0.2, -0.15) is 0 Å². The molecule has 0 bridgehead atoms. The molecule has 1 rings (SSSR count). The van der Waals surface area contributed by atoms with Crippen molar-refractivity contribution in [3.8, 4) is 0 Å². The zero-order chi connectivity index (χ0) is 10.2. The second kappa shape index (κ2) is 2.95. The van der Waals surface area contributed by atoms with E-state index in [2.05, 4.69) is 0 Å². The number of carboxylic acids is 1. The number of nitro groups is 1. The topological polar surface area (TPSA) is 101 Å². The number of carboxylic acid groups (broad SMARTS) is 1. The van der Waals surface area contributed by atoms with Gasteiger partial charge in [0, 0.05) is 17.8 Å². The molecule has 6 nitrogen and oxygen atoms in total. The lowest BCUT2D eigenvalue weighted by Gasteiger charge is -2.39. The Balaban J connectivity index is 2.69. The molecule has 0 spiro atoms. The van der Waals surface area contributed by atoms with Crippen LogP contribution in [0.4, 0.5) is 0 Å². The van der Waals surface area contributed by atoms with Gasteiger partial charge in [-0.15, -0.1) is 0 Å². The molecule has 0 aromatic rings. The van der Waals surface area contributed by atoms with Crippen LogP contribution in [0, 0.1) is 16.0 Å². The predicted molar refractivity (Wildman–Crippen MR) is 41.8 cm³/mol. The Morgan fingerprint density at radius 2 is 2.15 bits per heavy atom. The van der Waals surface area contributed by atoms with Crippen LogP contribution in [0.5, 0.6) is 0 Å². The normalized spacial score (nSPS) is 34.8. The van der Waals surface area contributed by atoms with Crippen LogP contribution in [0.25, 0.3) is 0 Å². The quantitative estimate of drug-likeness (QED) is 0.476. The predicted octanol–water partition coefficient (Wildman–Crippen LogP) is -0.123. The molecule has 13 heavy (non-hydrogen) atoms. The first-order valence-corrected chi connectivity index (χ1v) is 3.95. The van der Waals surface area contributed by atoms with Gasteiger partial charge >= 0.3 is 5.97 Å². The largest absolute Gasteiger partial charge is 0.481 e. The molecular weight excluding hydrogens is 178 g/mol. The maximum Gasteiger partial charge on any atom is 0.307 e. The Hall–Kier alpha value is -1.17. The third-order valence-corrected chi connectivity index (χ3v) is 2.69. The van der Waals surface area contributed by atoms with Crippen LogP contribution in [-0.4, -0.2) is 32.7 Å². The molecule has 74 valence electrons. The minimum atomic E-state index is -1.43. The maximum absolute atomic E-state index is 10.6. The van der Waals surface area contributed by atoms with Crippen LogP contribution >= 0.6 is 0 Å². The SMILES string of the molecule is CC(O)C1([N+](=O)[O-])CC(C(=O)O)C1. The molecule has 1 saturated carbocycles. The number of carbonyl (C=O) groups is 1. The summed E-state index contributed by atoms with van der Waals surface area (Å²) in [5.41, 5.74) is -1.43. The monoisotopic (exact) mass is 189 g/mol. The molecule has 1 fully saturated rings. The molecule has 1 unspecified atom stereocenters. The molecule has 1 atom stereocenters. The van der Waals surface area contributed by atoms with E-state index in [-0.39, 0.29) is 12.8 Å². The number of aliphatic hydroxyl groups is 1. The molecule has 0 saturated heterocycles. The standard InChI is InChI=1S/C7H11NO5/c1-4(9)7(8(12)13)2-5(3-7)6(10)11/h4-5,9H,2-3H2,1H3,(H,10,11). The third-order valence-electron chi connectivity index (χ3n) is 2.69. The van der Waals surface area contributed by atoms with Crippen LogP contribution in [-0.2, 0) is 4.79 Å². The highest BCUT2D eigenvalue weighted by Crippen LogP contribution is 2.42. The summed E-state index contributed by atoms with van der Waals surface area (Å²) in [4.78, 5) is 20.4. The zero-order valence-electron chi connectivity index (χ0n) is 7.14. The van der Waals surface area contributed by atoms with E-state index in [1.807, 2.05) is 0 Å². The van der Waals surface area contributed by atoms with Gasteiger partial charge in [0.15, 0.2) is 0 Å². The van der Waals surface area contributed by atoms with E-state index in [9.17, 15) is 14.9 Å². The van der Waals surface area contributed by atoms with Crippen molar-refractivity contribution in [2.75, 3.05) is 0 Å². The third kappa shape index (κ3) is 1.37. The summed E-state index contributed by atoms with van der Waals surface area (Å²) in [6, 6.07) is 0. The fraction of sp³-hybridized carbons (Fsp3) is 0.857. The number of nitrogens with zero attached hydrogens (tertiary/aromatic N) is 1. The fourth-order valence-electron chi connectivity index (χ4n) is 1.61. The van der Waals surface area contributed by atoms with Crippen LogP contribution in [0.1, 0.15) is 19.8 Å². The smallest absolute Gasteiger partial charge is 0.307 e. The van der Waals surface area contributed by atoms with E-state index in [4.69, 9.17) is 10.2 Å². The summed E-state index contributed by atoms with van der Waals surface area (Å²) in [7, 11) is 0. The molecule has 0 aliphatic heterocycles. The average molecular weight is 189 g/mol. The Kier molecular flexibility index (Phi) is 2.25. The van der Waals surface area contributed by atoms with Gasteiger partial charge in [-0.05, 0) is 6.92 Å². The van der Waals surface area contributed by atoms with Crippen LogP contribution in [0.2, 0.25) is 0 Å². The second-order valence-electron chi connectivity index (χ2n) is 3.48. The van der Waals surface area contributed by atoms with Crippen molar-refractivity contribution in [3.05, 3.63) is 10.1 Å². The lowest BCUT2D eigenvalue weighted by molar-refractivity contribution is -0.601. The summed E-state index contributed by atoms with van der Waals surface area (Å²) >= 11 is 0. The van der Waals surface area contributed by atoms with E-state index in [1.54, 1.807) is 0 Å². The van der Waals surface area contributed by atoms with Crippen LogP contribution in [0.15, 0.2) is 0 Å². The summed E-state index contributed by atoms with van der Waals surface area (Å²) in [6.07, 6.45) is -1.25. The van der Waals surface area contributed by atoms with Crippen molar-refractivity contribution in [2.24, 2.45) is 5.92 Å². The highest BCUT2D eigenvalue weighted by atomic mass is 16.6. The minimum absolute atomic E-state index is 0.0764. The van der Waals surface area contributed by atoms with Gasteiger partial charge in [-0.3, -0.25) is 14.9 Å². The Labute approximate surface area is 74.3 Å². The summed E-state index contributed by atoms with van der Waals surface area (Å²) in [6.45, 7) is 1.32. The van der Waals surface area contributed by atoms with E-state index >= 15 is 0 Å². The van der Waals surface area contributed by atoms with E-state index in [0.29, 0.717) is 0 Å². The lowest BCUT2D eigenvalue weighted by atomic mass is 9.66. The van der Waals surface area contributed by atoms with Crippen LogP contribution < -0.4 is 0 Å². The highest BCUT2D eigenvalue weighted by molar-refractivity contribution is 5.71. The maximum atomic E-state index is 10.6. The lowest BCUT2D eigenvalue weighted by Crippen LogP contribution is -2.59. The first kappa shape index (κ1) is 9.91. The number of hydrogen-bond donors (Lipinski definition) is 2. The van der Waals surface area contributed by atoms with Gasteiger partial charge < -0.3 is 10.2 Å². The van der Waals surface area contributed by atoms with Gasteiger partial charge in [0.05, 0.1) is 5.92 Å². The van der Waals surface area contributed by atoms with Gasteiger partial charge in [0.1, 0.15) is 6.10 Å². The van der Waals surface area contributed by atoms with E-state index < -0.39 is 28.5 Å². The highest BCUT2D eigenvalue weighted by Gasteiger charge is 2.60. The number of rotatable bonds is 3. The molecule has 0 radical (unpaired) electrons. The van der Waals surface area contributed by atoms with Crippen molar-refractivity contribution in [1.82, 2.24) is 0 Å². The first-order valence-electron chi connectivity index (χ1n) is 3.95. The molecular formula is C7H11NO5. The molecule has 0 aromatic heterocycles. The van der Waals surface area contributed by atoms with E-state index in [0.717, 1.165) is 0 Å². The minimum Gasteiger partial charge on any atom is -0.481 e. The number of aliphatic carboxylic acids is 1. The van der Waals surface area contributed by atoms with Gasteiger partial charge in [0.25, 0.3) is 0 Å². The molecule has 0 amide bonds. The van der Waals surface area contributed by atoms with Crippen molar-refractivity contribution >= 4 is 5.97 Å². The first-order chi connectivity index (χ1) is 5.90. The van der Waals surface area contributed by atoms with Crippen molar-refractivity contribution in [1.29, 1.82) is 0 Å². The fourth-order valence-corrected chi connectivity index (χ4v) is 1.61. The summed E-state index contributed by atoms with van der Waals surface area (Å²) in [5.74, 6) is -1.71. The second-order valence-corrected chi connectivity index (χ2v) is 3.48. The van der Waals surface area contributed by atoms with Crippen molar-refractivity contribution in [3.63, 3.8) is 0 Å². The van der Waals surface area contributed by atoms with Crippen molar-refractivity contribution in [2.45, 2.75) is 31.4 Å². The average Bonchev–Trinajstić information content (AvgIpc) is 1.80. The zero-order valence-corrected chi connectivity index (χ0v) is 7.14. The molecule has 0 heterocycles. The number of hydrogen-bond acceptors (Lipinski definition) is 4. The van der Waals surface area contributed by atoms with E-state index in [1.165, 1.54) is 6.92 Å². The molecule has 1 aliphatic carbocycles. The van der Waals surface area contributed by atoms with Crippen LogP contribution in [0.3, 0.4) is 0 Å². The Morgan fingerprint density at radius 3 is 2.38 bits per heavy atom. The van der Waals surface area contributed by atoms with Gasteiger partial charge in [0.2, 0.25) is 5.54 Å². The molecule has 1 aliphatic rings. The molecule has 2 N–H and O–H groups in total. The van der Waals surface area contributed by atoms with Crippen molar-refractivity contribution < 1.29 is 19.9 Å². The van der Waals surface area contributed by atoms with Gasteiger partial charge in [-0.1, -0.05) is 0 Å². The Bertz CT molecular complexity index is 243. The van der Waals surface area contributed by atoms with Gasteiger partial charge in [-0.25, -0.2) is 0 Å². The molecule has 0 aromatic carbocycles. The summed E-state index contributed by atoms with van der Waals surface area (Å²) in [5, 5.41) is 28.2. The number of aliphatic hydroxyl groups excluding tert-OH is 1. The molecule has 6 heteroatoms.